The second-order valence-corrected chi connectivity index (χ2v) is 5.64. The predicted molar refractivity (Wildman–Crippen MR) is 81.7 cm³/mol. The highest BCUT2D eigenvalue weighted by Crippen LogP contribution is 2.20. The fraction of sp³-hybridized carbons (Fsp3) is 0.500. The largest absolute Gasteiger partial charge is 0.419 e. The summed E-state index contributed by atoms with van der Waals surface area (Å²) in [5.74, 6) is 2.12. The Morgan fingerprint density at radius 1 is 1.19 bits per heavy atom. The maximum absolute atomic E-state index is 5.77. The van der Waals surface area contributed by atoms with E-state index in [2.05, 4.69) is 20.4 Å². The van der Waals surface area contributed by atoms with Gasteiger partial charge in [0.2, 0.25) is 11.8 Å². The molecule has 0 unspecified atom stereocenters. The fourth-order valence-electron chi connectivity index (χ4n) is 2.84. The minimum Gasteiger partial charge on any atom is -0.419 e. The van der Waals surface area contributed by atoms with Crippen molar-refractivity contribution in [2.75, 3.05) is 26.7 Å². The maximum Gasteiger partial charge on any atom is 0.247 e. The molecule has 2 aromatic rings. The average molecular weight is 286 g/mol. The first kappa shape index (κ1) is 14.2. The first-order valence-electron chi connectivity index (χ1n) is 7.60. The number of hydrogen-bond donors (Lipinski definition) is 1. The molecule has 112 valence electrons. The van der Waals surface area contributed by atoms with Crippen molar-refractivity contribution in [3.63, 3.8) is 0 Å². The number of nitrogens with one attached hydrogen (secondary N) is 1. The van der Waals surface area contributed by atoms with Gasteiger partial charge in [-0.3, -0.25) is 4.90 Å². The molecule has 5 heteroatoms. The lowest BCUT2D eigenvalue weighted by Gasteiger charge is -2.30. The van der Waals surface area contributed by atoms with Crippen LogP contribution in [0, 0.1) is 5.92 Å². The molecule has 0 atom stereocenters. The van der Waals surface area contributed by atoms with Crippen LogP contribution in [0.25, 0.3) is 11.5 Å². The van der Waals surface area contributed by atoms with Crippen LogP contribution in [-0.2, 0) is 6.54 Å². The van der Waals surface area contributed by atoms with E-state index in [0.29, 0.717) is 11.8 Å². The zero-order valence-corrected chi connectivity index (χ0v) is 12.5. The molecule has 5 nitrogen and oxygen atoms in total. The highest BCUT2D eigenvalue weighted by molar-refractivity contribution is 5.51. The molecule has 0 saturated carbocycles. The smallest absolute Gasteiger partial charge is 0.247 e. The number of likely N-dealkylation sites (tertiary alicyclic amines) is 1. The van der Waals surface area contributed by atoms with Crippen LogP contribution in [0.2, 0.25) is 0 Å². The summed E-state index contributed by atoms with van der Waals surface area (Å²) in [6.07, 6.45) is 2.47. The Morgan fingerprint density at radius 3 is 2.67 bits per heavy atom. The Morgan fingerprint density at radius 2 is 1.95 bits per heavy atom. The standard InChI is InChI=1S/C16H22N4O/c1-17-11-13-7-9-20(10-8-13)12-15-18-19-16(21-15)14-5-3-2-4-6-14/h2-6,13,17H,7-12H2,1H3. The van der Waals surface area contributed by atoms with Gasteiger partial charge in [-0.1, -0.05) is 18.2 Å². The van der Waals surface area contributed by atoms with E-state index >= 15 is 0 Å². The molecule has 1 N–H and O–H groups in total. The third-order valence-corrected chi connectivity index (χ3v) is 4.05. The Balaban J connectivity index is 1.56. The van der Waals surface area contributed by atoms with Crippen molar-refractivity contribution in [1.82, 2.24) is 20.4 Å². The van der Waals surface area contributed by atoms with Gasteiger partial charge >= 0.3 is 0 Å². The number of rotatable bonds is 5. The van der Waals surface area contributed by atoms with Gasteiger partial charge in [-0.15, -0.1) is 10.2 Å². The number of piperidine rings is 1. The van der Waals surface area contributed by atoms with Crippen molar-refractivity contribution in [2.24, 2.45) is 5.92 Å². The SMILES string of the molecule is CNCC1CCN(Cc2nnc(-c3ccccc3)o2)CC1. The van der Waals surface area contributed by atoms with Crippen molar-refractivity contribution in [3.8, 4) is 11.5 Å². The van der Waals surface area contributed by atoms with Gasteiger partial charge in [0.1, 0.15) is 0 Å². The lowest BCUT2D eigenvalue weighted by molar-refractivity contribution is 0.164. The van der Waals surface area contributed by atoms with E-state index in [0.717, 1.165) is 37.7 Å². The number of benzene rings is 1. The molecule has 3 rings (SSSR count). The summed E-state index contributed by atoms with van der Waals surface area (Å²) in [6, 6.07) is 9.91. The van der Waals surface area contributed by atoms with Gasteiger partial charge in [0.05, 0.1) is 6.54 Å². The third-order valence-electron chi connectivity index (χ3n) is 4.05. The Hall–Kier alpha value is -1.72. The summed E-state index contributed by atoms with van der Waals surface area (Å²) in [6.45, 7) is 4.09. The first-order valence-corrected chi connectivity index (χ1v) is 7.60. The van der Waals surface area contributed by atoms with Gasteiger partial charge in [-0.05, 0) is 57.6 Å². The summed E-state index contributed by atoms with van der Waals surface area (Å²) in [4.78, 5) is 2.40. The highest BCUT2D eigenvalue weighted by Gasteiger charge is 2.20. The molecule has 1 aliphatic heterocycles. The Kier molecular flexibility index (Phi) is 4.62. The summed E-state index contributed by atoms with van der Waals surface area (Å²) >= 11 is 0. The lowest BCUT2D eigenvalue weighted by Crippen LogP contribution is -2.36. The molecule has 21 heavy (non-hydrogen) atoms. The van der Waals surface area contributed by atoms with Gasteiger partial charge in [-0.25, -0.2) is 0 Å². The van der Waals surface area contributed by atoms with Crippen molar-refractivity contribution < 1.29 is 4.42 Å². The normalized spacial score (nSPS) is 17.2. The highest BCUT2D eigenvalue weighted by atomic mass is 16.4. The van der Waals surface area contributed by atoms with Gasteiger partial charge < -0.3 is 9.73 Å². The van der Waals surface area contributed by atoms with Crippen LogP contribution < -0.4 is 5.32 Å². The van der Waals surface area contributed by atoms with Crippen LogP contribution in [0.15, 0.2) is 34.7 Å². The van der Waals surface area contributed by atoms with E-state index in [4.69, 9.17) is 4.42 Å². The van der Waals surface area contributed by atoms with Crippen LogP contribution in [0.3, 0.4) is 0 Å². The molecule has 2 heterocycles. The van der Waals surface area contributed by atoms with Gasteiger partial charge in [-0.2, -0.15) is 0 Å². The molecule has 0 spiro atoms. The van der Waals surface area contributed by atoms with Gasteiger partial charge in [0.25, 0.3) is 0 Å². The first-order chi connectivity index (χ1) is 10.3. The van der Waals surface area contributed by atoms with Crippen LogP contribution >= 0.6 is 0 Å². The third kappa shape index (κ3) is 3.68. The molecule has 1 fully saturated rings. The molecule has 1 aliphatic rings. The molecule has 0 amide bonds. The summed E-state index contributed by atoms with van der Waals surface area (Å²) in [7, 11) is 2.02. The fourth-order valence-corrected chi connectivity index (χ4v) is 2.84. The van der Waals surface area contributed by atoms with E-state index < -0.39 is 0 Å². The van der Waals surface area contributed by atoms with Gasteiger partial charge in [0, 0.05) is 5.56 Å². The van der Waals surface area contributed by atoms with Crippen molar-refractivity contribution in [3.05, 3.63) is 36.2 Å². The second kappa shape index (κ2) is 6.83. The molecular formula is C16H22N4O. The van der Waals surface area contributed by atoms with Crippen LogP contribution in [0.1, 0.15) is 18.7 Å². The summed E-state index contributed by atoms with van der Waals surface area (Å²) < 4.78 is 5.77. The zero-order valence-electron chi connectivity index (χ0n) is 12.5. The zero-order chi connectivity index (χ0) is 14.5. The molecule has 0 radical (unpaired) electrons. The minimum absolute atomic E-state index is 0.607. The van der Waals surface area contributed by atoms with E-state index in [1.54, 1.807) is 0 Å². The molecule has 1 aromatic carbocycles. The van der Waals surface area contributed by atoms with Crippen molar-refractivity contribution in [1.29, 1.82) is 0 Å². The van der Waals surface area contributed by atoms with E-state index in [1.165, 1.54) is 12.8 Å². The van der Waals surface area contributed by atoms with Gasteiger partial charge in [0.15, 0.2) is 0 Å². The van der Waals surface area contributed by atoms with Crippen molar-refractivity contribution >= 4 is 0 Å². The average Bonchev–Trinajstić information content (AvgIpc) is 2.99. The molecule has 0 bridgehead atoms. The maximum atomic E-state index is 5.77. The minimum atomic E-state index is 0.607. The molecule has 0 aliphatic carbocycles. The predicted octanol–water partition coefficient (Wildman–Crippen LogP) is 2.17. The van der Waals surface area contributed by atoms with E-state index in [9.17, 15) is 0 Å². The monoisotopic (exact) mass is 286 g/mol. The second-order valence-electron chi connectivity index (χ2n) is 5.64. The molecule has 1 saturated heterocycles. The quantitative estimate of drug-likeness (QED) is 0.913. The lowest BCUT2D eigenvalue weighted by atomic mass is 9.97. The van der Waals surface area contributed by atoms with Crippen LogP contribution in [0.4, 0.5) is 0 Å². The number of aromatic nitrogens is 2. The molecule has 1 aromatic heterocycles. The summed E-state index contributed by atoms with van der Waals surface area (Å²) in [5, 5.41) is 11.6. The molecular weight excluding hydrogens is 264 g/mol. The number of hydrogen-bond acceptors (Lipinski definition) is 5. The van der Waals surface area contributed by atoms with E-state index in [-0.39, 0.29) is 0 Å². The van der Waals surface area contributed by atoms with Crippen LogP contribution in [-0.4, -0.2) is 41.8 Å². The van der Waals surface area contributed by atoms with Crippen LogP contribution in [0.5, 0.6) is 0 Å². The Bertz CT molecular complexity index is 546. The topological polar surface area (TPSA) is 54.2 Å². The van der Waals surface area contributed by atoms with Crippen molar-refractivity contribution in [2.45, 2.75) is 19.4 Å². The summed E-state index contributed by atoms with van der Waals surface area (Å²) in [5.41, 5.74) is 0.976. The van der Waals surface area contributed by atoms with E-state index in [1.807, 2.05) is 37.4 Å². The number of nitrogens with zero attached hydrogens (tertiary/aromatic N) is 3. The Labute approximate surface area is 125 Å².